The molecule has 1 aromatic heterocycles. The summed E-state index contributed by atoms with van der Waals surface area (Å²) in [6.45, 7) is 0. The van der Waals surface area contributed by atoms with Gasteiger partial charge in [-0.15, -0.1) is 11.3 Å². The van der Waals surface area contributed by atoms with Crippen LogP contribution in [0.2, 0.25) is 0 Å². The SMILES string of the molecule is c1ccc(-c2ccc(N(c3ccccc3)c3ccc4c(c3)-c3cc(N(c5ccccc5)c5ccccc5)ccc3C4(c3ccc4ccccc4c3)c3cccc4sc5ccccc5c34)cc2)cc1. The number of para-hydroxylation sites is 3. The number of hydrogen-bond donors (Lipinski definition) is 0. The summed E-state index contributed by atoms with van der Waals surface area (Å²) in [6.07, 6.45) is 0. The zero-order valence-corrected chi connectivity index (χ0v) is 38.0. The van der Waals surface area contributed by atoms with Crippen molar-refractivity contribution in [2.24, 2.45) is 0 Å². The Labute approximate surface area is 400 Å². The molecule has 1 heterocycles. The maximum Gasteiger partial charge on any atom is 0.0720 e. The second kappa shape index (κ2) is 16.4. The lowest BCUT2D eigenvalue weighted by atomic mass is 9.66. The van der Waals surface area contributed by atoms with E-state index in [1.165, 1.54) is 75.5 Å². The van der Waals surface area contributed by atoms with Crippen LogP contribution in [0.5, 0.6) is 0 Å². The molecule has 0 spiro atoms. The summed E-state index contributed by atoms with van der Waals surface area (Å²) in [5.41, 5.74) is 15.8. The van der Waals surface area contributed by atoms with Crippen molar-refractivity contribution < 1.29 is 0 Å². The summed E-state index contributed by atoms with van der Waals surface area (Å²) in [5, 5.41) is 5.06. The van der Waals surface area contributed by atoms with E-state index in [4.69, 9.17) is 0 Å². The standard InChI is InChI=1S/C65H44N2S/c1-5-18-45(19-6-1)47-33-36-53(37-34-47)67(52-26-11-4-12-27-52)55-39-41-60-58(44-55)57-43-54(66(50-22-7-2-8-23-50)51-24-9-3-10-25-51)38-40-59(57)65(60,49-35-32-46-20-13-14-21-48(46)42-49)61-29-17-31-63-64(61)56-28-15-16-30-62(56)68-63/h1-44H. The molecule has 13 rings (SSSR count). The van der Waals surface area contributed by atoms with E-state index in [1.807, 2.05) is 11.3 Å². The van der Waals surface area contributed by atoms with E-state index in [0.717, 1.165) is 34.1 Å². The Bertz CT molecular complexity index is 3750. The van der Waals surface area contributed by atoms with Crippen LogP contribution < -0.4 is 9.80 Å². The minimum Gasteiger partial charge on any atom is -0.310 e. The molecule has 68 heavy (non-hydrogen) atoms. The van der Waals surface area contributed by atoms with E-state index in [9.17, 15) is 0 Å². The van der Waals surface area contributed by atoms with Crippen LogP contribution in [-0.4, -0.2) is 0 Å². The van der Waals surface area contributed by atoms with Crippen molar-refractivity contribution in [3.8, 4) is 22.3 Å². The second-order valence-electron chi connectivity index (χ2n) is 17.6. The molecule has 1 unspecified atom stereocenters. The Morgan fingerprint density at radius 2 is 0.765 bits per heavy atom. The van der Waals surface area contributed by atoms with Gasteiger partial charge in [0.2, 0.25) is 0 Å². The molecular weight excluding hydrogens is 841 g/mol. The van der Waals surface area contributed by atoms with Gasteiger partial charge in [-0.2, -0.15) is 0 Å². The fourth-order valence-electron chi connectivity index (χ4n) is 10.9. The third-order valence-electron chi connectivity index (χ3n) is 13.9. The van der Waals surface area contributed by atoms with Crippen LogP contribution in [0.1, 0.15) is 22.3 Å². The number of hydrogen-bond acceptors (Lipinski definition) is 3. The zero-order valence-electron chi connectivity index (χ0n) is 37.2. The lowest BCUT2D eigenvalue weighted by molar-refractivity contribution is 0.778. The fraction of sp³-hybridized carbons (Fsp3) is 0.0154. The van der Waals surface area contributed by atoms with Gasteiger partial charge in [0.05, 0.1) is 5.41 Å². The molecule has 1 atom stereocenters. The molecule has 0 radical (unpaired) electrons. The summed E-state index contributed by atoms with van der Waals surface area (Å²) in [7, 11) is 0. The number of anilines is 6. The first-order valence-corrected chi connectivity index (χ1v) is 24.1. The van der Waals surface area contributed by atoms with Crippen molar-refractivity contribution in [3.05, 3.63) is 289 Å². The Kier molecular flexibility index (Phi) is 9.62. The molecule has 3 heteroatoms. The maximum absolute atomic E-state index is 2.46. The summed E-state index contributed by atoms with van der Waals surface area (Å²) in [6, 6.07) is 98.3. The van der Waals surface area contributed by atoms with E-state index in [1.54, 1.807) is 0 Å². The first-order chi connectivity index (χ1) is 33.7. The second-order valence-corrected chi connectivity index (χ2v) is 18.7. The predicted octanol–water partition coefficient (Wildman–Crippen LogP) is 18.2. The molecule has 2 nitrogen and oxygen atoms in total. The van der Waals surface area contributed by atoms with Gasteiger partial charge in [0, 0.05) is 54.3 Å². The van der Waals surface area contributed by atoms with Crippen LogP contribution in [0, 0.1) is 0 Å². The van der Waals surface area contributed by atoms with Crippen molar-refractivity contribution in [3.63, 3.8) is 0 Å². The van der Waals surface area contributed by atoms with E-state index in [2.05, 4.69) is 277 Å². The fourth-order valence-corrected chi connectivity index (χ4v) is 12.0. The molecule has 0 saturated heterocycles. The van der Waals surface area contributed by atoms with E-state index >= 15 is 0 Å². The van der Waals surface area contributed by atoms with Gasteiger partial charge >= 0.3 is 0 Å². The van der Waals surface area contributed by atoms with Gasteiger partial charge in [-0.25, -0.2) is 0 Å². The molecule has 320 valence electrons. The van der Waals surface area contributed by atoms with Crippen molar-refractivity contribution >= 4 is 76.4 Å². The van der Waals surface area contributed by atoms with Gasteiger partial charge in [0.15, 0.2) is 0 Å². The molecule has 0 saturated carbocycles. The molecule has 0 bridgehead atoms. The van der Waals surface area contributed by atoms with Crippen LogP contribution >= 0.6 is 11.3 Å². The third-order valence-corrected chi connectivity index (χ3v) is 15.0. The van der Waals surface area contributed by atoms with Gasteiger partial charge in [0.1, 0.15) is 0 Å². The Morgan fingerprint density at radius 1 is 0.294 bits per heavy atom. The van der Waals surface area contributed by atoms with E-state index in [-0.39, 0.29) is 0 Å². The monoisotopic (exact) mass is 884 g/mol. The molecule has 12 aromatic rings. The van der Waals surface area contributed by atoms with Crippen LogP contribution in [0.4, 0.5) is 34.1 Å². The van der Waals surface area contributed by atoms with Gasteiger partial charge in [-0.05, 0) is 146 Å². The van der Waals surface area contributed by atoms with Gasteiger partial charge in [-0.3, -0.25) is 0 Å². The number of rotatable bonds is 9. The molecule has 11 aromatic carbocycles. The molecule has 0 N–H and O–H groups in total. The zero-order chi connectivity index (χ0) is 45.0. The van der Waals surface area contributed by atoms with E-state index < -0.39 is 5.41 Å². The lowest BCUT2D eigenvalue weighted by Gasteiger charge is -2.35. The van der Waals surface area contributed by atoms with Crippen LogP contribution in [-0.2, 0) is 5.41 Å². The largest absolute Gasteiger partial charge is 0.310 e. The Hall–Kier alpha value is -8.50. The van der Waals surface area contributed by atoms with Gasteiger partial charge in [0.25, 0.3) is 0 Å². The minimum absolute atomic E-state index is 0.672. The summed E-state index contributed by atoms with van der Waals surface area (Å²) >= 11 is 1.88. The number of nitrogens with zero attached hydrogens (tertiary/aromatic N) is 2. The summed E-state index contributed by atoms with van der Waals surface area (Å²) in [5.74, 6) is 0. The summed E-state index contributed by atoms with van der Waals surface area (Å²) in [4.78, 5) is 4.79. The lowest BCUT2D eigenvalue weighted by Crippen LogP contribution is -2.29. The first kappa shape index (κ1) is 39.8. The highest BCUT2D eigenvalue weighted by Crippen LogP contribution is 2.60. The van der Waals surface area contributed by atoms with Crippen molar-refractivity contribution in [2.45, 2.75) is 5.41 Å². The Balaban J connectivity index is 1.12. The highest BCUT2D eigenvalue weighted by atomic mass is 32.1. The summed E-state index contributed by atoms with van der Waals surface area (Å²) < 4.78 is 2.59. The van der Waals surface area contributed by atoms with Crippen molar-refractivity contribution in [1.29, 1.82) is 0 Å². The van der Waals surface area contributed by atoms with Crippen molar-refractivity contribution in [2.75, 3.05) is 9.80 Å². The molecule has 0 fully saturated rings. The van der Waals surface area contributed by atoms with E-state index in [0.29, 0.717) is 0 Å². The topological polar surface area (TPSA) is 6.48 Å². The normalized spacial score (nSPS) is 13.9. The van der Waals surface area contributed by atoms with Gasteiger partial charge in [-0.1, -0.05) is 176 Å². The average molecular weight is 885 g/mol. The minimum atomic E-state index is -0.672. The first-order valence-electron chi connectivity index (χ1n) is 23.3. The predicted molar refractivity (Wildman–Crippen MR) is 289 cm³/mol. The highest BCUT2D eigenvalue weighted by Gasteiger charge is 2.48. The maximum atomic E-state index is 2.46. The number of fused-ring (bicyclic) bond motifs is 7. The van der Waals surface area contributed by atoms with Crippen molar-refractivity contribution in [1.82, 2.24) is 0 Å². The number of thiophene rings is 1. The smallest absolute Gasteiger partial charge is 0.0720 e. The van der Waals surface area contributed by atoms with Crippen LogP contribution in [0.25, 0.3) is 53.2 Å². The molecule has 1 aliphatic carbocycles. The molecular formula is C65H44N2S. The molecule has 0 amide bonds. The Morgan fingerprint density at radius 3 is 1.37 bits per heavy atom. The van der Waals surface area contributed by atoms with Crippen LogP contribution in [0.15, 0.2) is 267 Å². The number of benzene rings is 11. The van der Waals surface area contributed by atoms with Crippen LogP contribution in [0.3, 0.4) is 0 Å². The van der Waals surface area contributed by atoms with Gasteiger partial charge < -0.3 is 9.80 Å². The highest BCUT2D eigenvalue weighted by molar-refractivity contribution is 7.25. The molecule has 1 aliphatic rings. The third kappa shape index (κ3) is 6.46. The average Bonchev–Trinajstić information content (AvgIpc) is 3.94. The quantitative estimate of drug-likeness (QED) is 0.142. The molecule has 0 aliphatic heterocycles.